The first-order valence-corrected chi connectivity index (χ1v) is 5.17. The molecule has 0 radical (unpaired) electrons. The highest BCUT2D eigenvalue weighted by molar-refractivity contribution is 5.70. The minimum Gasteiger partial charge on any atom is -0.345 e. The lowest BCUT2D eigenvalue weighted by Gasteiger charge is -2.13. The number of nitrogens with one attached hydrogen (secondary N) is 1. The molecule has 1 aromatic heterocycles. The number of benzene rings is 1. The standard InChI is InChI=1S/C13H16N2/c1-8-5-9(2)11(4)13(10(8)3)12-6-14-7-15-12/h5-7H,1-4H3,(H,14,15). The van der Waals surface area contributed by atoms with E-state index >= 15 is 0 Å². The summed E-state index contributed by atoms with van der Waals surface area (Å²) in [4.78, 5) is 7.26. The summed E-state index contributed by atoms with van der Waals surface area (Å²) in [7, 11) is 0. The highest BCUT2D eigenvalue weighted by Gasteiger charge is 2.10. The van der Waals surface area contributed by atoms with E-state index in [0.29, 0.717) is 0 Å². The first-order valence-electron chi connectivity index (χ1n) is 5.17. The van der Waals surface area contributed by atoms with E-state index in [0.717, 1.165) is 5.69 Å². The third-order valence-electron chi connectivity index (χ3n) is 3.13. The Balaban J connectivity index is 2.75. The van der Waals surface area contributed by atoms with Crippen LogP contribution in [0.5, 0.6) is 0 Å². The van der Waals surface area contributed by atoms with Crippen molar-refractivity contribution in [2.45, 2.75) is 27.7 Å². The van der Waals surface area contributed by atoms with Gasteiger partial charge in [0, 0.05) is 5.56 Å². The zero-order valence-electron chi connectivity index (χ0n) is 9.68. The normalized spacial score (nSPS) is 10.7. The number of hydrogen-bond donors (Lipinski definition) is 1. The van der Waals surface area contributed by atoms with Crippen molar-refractivity contribution in [1.82, 2.24) is 9.97 Å². The second-order valence-corrected chi connectivity index (χ2v) is 4.10. The van der Waals surface area contributed by atoms with Crippen LogP contribution >= 0.6 is 0 Å². The van der Waals surface area contributed by atoms with Crippen molar-refractivity contribution < 1.29 is 0 Å². The molecule has 1 aromatic carbocycles. The maximum Gasteiger partial charge on any atom is 0.0924 e. The smallest absolute Gasteiger partial charge is 0.0924 e. The lowest BCUT2D eigenvalue weighted by molar-refractivity contribution is 1.23. The molecule has 1 heterocycles. The first-order chi connectivity index (χ1) is 7.11. The number of hydrogen-bond acceptors (Lipinski definition) is 1. The molecule has 1 N–H and O–H groups in total. The van der Waals surface area contributed by atoms with Crippen molar-refractivity contribution in [2.24, 2.45) is 0 Å². The summed E-state index contributed by atoms with van der Waals surface area (Å²) in [6, 6.07) is 2.24. The average molecular weight is 200 g/mol. The number of H-pyrrole nitrogens is 1. The summed E-state index contributed by atoms with van der Waals surface area (Å²) in [6.45, 7) is 8.64. The predicted octanol–water partition coefficient (Wildman–Crippen LogP) is 3.31. The molecule has 0 aliphatic heterocycles. The molecule has 0 amide bonds. The molecule has 0 unspecified atom stereocenters. The number of imidazole rings is 1. The van der Waals surface area contributed by atoms with Gasteiger partial charge in [0.05, 0.1) is 18.2 Å². The number of aromatic amines is 1. The summed E-state index contributed by atoms with van der Waals surface area (Å²) < 4.78 is 0. The van der Waals surface area contributed by atoms with E-state index in [1.165, 1.54) is 27.8 Å². The van der Waals surface area contributed by atoms with Gasteiger partial charge in [-0.15, -0.1) is 0 Å². The molecule has 0 spiro atoms. The van der Waals surface area contributed by atoms with Crippen LogP contribution in [0.2, 0.25) is 0 Å². The van der Waals surface area contributed by atoms with E-state index in [-0.39, 0.29) is 0 Å². The van der Waals surface area contributed by atoms with Crippen molar-refractivity contribution in [3.63, 3.8) is 0 Å². The lowest BCUT2D eigenvalue weighted by Crippen LogP contribution is -1.95. The van der Waals surface area contributed by atoms with Crippen molar-refractivity contribution in [3.8, 4) is 11.3 Å². The van der Waals surface area contributed by atoms with Crippen molar-refractivity contribution in [1.29, 1.82) is 0 Å². The largest absolute Gasteiger partial charge is 0.345 e. The van der Waals surface area contributed by atoms with Crippen LogP contribution < -0.4 is 0 Å². The molecule has 0 saturated heterocycles. The van der Waals surface area contributed by atoms with Crippen LogP contribution in [0.25, 0.3) is 11.3 Å². The van der Waals surface area contributed by atoms with Crippen LogP contribution in [0.15, 0.2) is 18.6 Å². The van der Waals surface area contributed by atoms with Crippen LogP contribution in [0, 0.1) is 27.7 Å². The molecule has 0 bridgehead atoms. The summed E-state index contributed by atoms with van der Waals surface area (Å²) >= 11 is 0. The van der Waals surface area contributed by atoms with Gasteiger partial charge in [0.15, 0.2) is 0 Å². The molecule has 2 rings (SSSR count). The van der Waals surface area contributed by atoms with E-state index in [4.69, 9.17) is 0 Å². The van der Waals surface area contributed by atoms with Crippen LogP contribution in [0.1, 0.15) is 22.3 Å². The minimum absolute atomic E-state index is 1.11. The predicted molar refractivity (Wildman–Crippen MR) is 63.0 cm³/mol. The molecule has 0 atom stereocenters. The Hall–Kier alpha value is -1.57. The third-order valence-corrected chi connectivity index (χ3v) is 3.13. The highest BCUT2D eigenvalue weighted by atomic mass is 14.9. The fourth-order valence-electron chi connectivity index (χ4n) is 2.01. The molecule has 0 aliphatic carbocycles. The quantitative estimate of drug-likeness (QED) is 0.751. The minimum atomic E-state index is 1.11. The summed E-state index contributed by atoms with van der Waals surface area (Å²) in [6.07, 6.45) is 3.61. The maximum atomic E-state index is 4.08. The van der Waals surface area contributed by atoms with Gasteiger partial charge in [0.1, 0.15) is 0 Å². The Bertz CT molecular complexity index is 455. The van der Waals surface area contributed by atoms with E-state index < -0.39 is 0 Å². The number of nitrogens with zero attached hydrogens (tertiary/aromatic N) is 1. The molecule has 2 nitrogen and oxygen atoms in total. The van der Waals surface area contributed by atoms with Gasteiger partial charge in [-0.05, 0) is 49.9 Å². The Morgan fingerprint density at radius 2 is 1.60 bits per heavy atom. The van der Waals surface area contributed by atoms with Gasteiger partial charge in [0.2, 0.25) is 0 Å². The highest BCUT2D eigenvalue weighted by Crippen LogP contribution is 2.29. The molecule has 78 valence electrons. The number of aryl methyl sites for hydroxylation is 2. The van der Waals surface area contributed by atoms with Gasteiger partial charge in [-0.1, -0.05) is 6.07 Å². The Labute approximate surface area is 90.4 Å². The zero-order chi connectivity index (χ0) is 11.0. The van der Waals surface area contributed by atoms with E-state index in [2.05, 4.69) is 43.7 Å². The number of rotatable bonds is 1. The van der Waals surface area contributed by atoms with Gasteiger partial charge in [0.25, 0.3) is 0 Å². The lowest BCUT2D eigenvalue weighted by atomic mass is 9.93. The molecule has 0 aliphatic rings. The fraction of sp³-hybridized carbons (Fsp3) is 0.308. The second kappa shape index (κ2) is 3.54. The monoisotopic (exact) mass is 200 g/mol. The van der Waals surface area contributed by atoms with Gasteiger partial charge < -0.3 is 4.98 Å². The fourth-order valence-corrected chi connectivity index (χ4v) is 2.01. The van der Waals surface area contributed by atoms with Gasteiger partial charge in [-0.25, -0.2) is 4.98 Å². The summed E-state index contributed by atoms with van der Waals surface area (Å²) in [5.41, 5.74) is 7.75. The van der Waals surface area contributed by atoms with Crippen molar-refractivity contribution in [2.75, 3.05) is 0 Å². The first kappa shape index (κ1) is 9.97. The molecular weight excluding hydrogens is 184 g/mol. The SMILES string of the molecule is Cc1cc(C)c(C)c(-c2cnc[nH]2)c1C. The molecule has 2 aromatic rings. The molecular formula is C13H16N2. The third kappa shape index (κ3) is 1.56. The summed E-state index contributed by atoms with van der Waals surface area (Å²) in [5.74, 6) is 0. The van der Waals surface area contributed by atoms with E-state index in [1.54, 1.807) is 6.33 Å². The molecule has 15 heavy (non-hydrogen) atoms. The number of aromatic nitrogens is 2. The topological polar surface area (TPSA) is 28.7 Å². The summed E-state index contributed by atoms with van der Waals surface area (Å²) in [5, 5.41) is 0. The van der Waals surface area contributed by atoms with Crippen molar-refractivity contribution >= 4 is 0 Å². The second-order valence-electron chi connectivity index (χ2n) is 4.10. The maximum absolute atomic E-state index is 4.08. The van der Waals surface area contributed by atoms with E-state index in [9.17, 15) is 0 Å². The Morgan fingerprint density at radius 3 is 2.07 bits per heavy atom. The van der Waals surface area contributed by atoms with Crippen LogP contribution in [0.3, 0.4) is 0 Å². The van der Waals surface area contributed by atoms with Gasteiger partial charge >= 0.3 is 0 Å². The van der Waals surface area contributed by atoms with E-state index in [1.807, 2.05) is 6.20 Å². The van der Waals surface area contributed by atoms with Gasteiger partial charge in [-0.3, -0.25) is 0 Å². The Morgan fingerprint density at radius 1 is 1.00 bits per heavy atom. The van der Waals surface area contributed by atoms with Crippen LogP contribution in [-0.4, -0.2) is 9.97 Å². The van der Waals surface area contributed by atoms with Crippen LogP contribution in [-0.2, 0) is 0 Å². The van der Waals surface area contributed by atoms with Crippen molar-refractivity contribution in [3.05, 3.63) is 40.8 Å². The van der Waals surface area contributed by atoms with Gasteiger partial charge in [-0.2, -0.15) is 0 Å². The molecule has 0 saturated carbocycles. The molecule has 2 heteroatoms. The zero-order valence-corrected chi connectivity index (χ0v) is 9.68. The Kier molecular flexibility index (Phi) is 2.35. The molecule has 0 fully saturated rings. The van der Waals surface area contributed by atoms with Crippen LogP contribution in [0.4, 0.5) is 0 Å². The average Bonchev–Trinajstić information content (AvgIpc) is 2.69.